The number of anilines is 1. The Morgan fingerprint density at radius 3 is 2.64 bits per heavy atom. The number of nitrogens with two attached hydrogens (primary N) is 1. The molecule has 0 radical (unpaired) electrons. The van der Waals surface area contributed by atoms with Crippen molar-refractivity contribution in [3.05, 3.63) is 36.2 Å². The Kier molecular flexibility index (Phi) is 2.14. The molecule has 0 aliphatic carbocycles. The maximum absolute atomic E-state index is 5.67. The van der Waals surface area contributed by atoms with Crippen molar-refractivity contribution in [2.45, 2.75) is 13.5 Å². The second-order valence-corrected chi connectivity index (χ2v) is 3.03. The van der Waals surface area contributed by atoms with E-state index < -0.39 is 0 Å². The van der Waals surface area contributed by atoms with Gasteiger partial charge in [-0.3, -0.25) is 4.68 Å². The summed E-state index contributed by atoms with van der Waals surface area (Å²) in [7, 11) is 0. The second-order valence-electron chi connectivity index (χ2n) is 3.03. The van der Waals surface area contributed by atoms with Crippen molar-refractivity contribution >= 4 is 5.69 Å². The molecule has 0 unspecified atom stereocenters. The van der Waals surface area contributed by atoms with Gasteiger partial charge in [-0.25, -0.2) is 9.97 Å². The summed E-state index contributed by atoms with van der Waals surface area (Å²) in [6.45, 7) is 2.43. The molecule has 0 aromatic carbocycles. The first kappa shape index (κ1) is 8.68. The zero-order valence-electron chi connectivity index (χ0n) is 7.88. The summed E-state index contributed by atoms with van der Waals surface area (Å²) < 4.78 is 1.74. The SMILES string of the molecule is Cc1nn(Cc2ncccn2)cc1N. The fourth-order valence-electron chi connectivity index (χ4n) is 1.17. The zero-order chi connectivity index (χ0) is 9.97. The molecule has 0 saturated carbocycles. The molecule has 2 rings (SSSR count). The van der Waals surface area contributed by atoms with Gasteiger partial charge in [-0.2, -0.15) is 5.10 Å². The highest BCUT2D eigenvalue weighted by molar-refractivity contribution is 5.39. The van der Waals surface area contributed by atoms with Crippen molar-refractivity contribution in [3.8, 4) is 0 Å². The van der Waals surface area contributed by atoms with Crippen LogP contribution in [-0.4, -0.2) is 19.7 Å². The van der Waals surface area contributed by atoms with Crippen LogP contribution in [0.1, 0.15) is 11.5 Å². The van der Waals surface area contributed by atoms with Crippen LogP contribution in [0.15, 0.2) is 24.7 Å². The minimum Gasteiger partial charge on any atom is -0.396 e. The third kappa shape index (κ3) is 1.71. The van der Waals surface area contributed by atoms with Crippen LogP contribution in [0, 0.1) is 6.92 Å². The molecule has 0 atom stereocenters. The molecular formula is C9H11N5. The first-order valence-corrected chi connectivity index (χ1v) is 4.31. The summed E-state index contributed by atoms with van der Waals surface area (Å²) >= 11 is 0. The Balaban J connectivity index is 2.19. The number of aromatic nitrogens is 4. The molecule has 0 bridgehead atoms. The third-order valence-electron chi connectivity index (χ3n) is 1.91. The summed E-state index contributed by atoms with van der Waals surface area (Å²) in [6.07, 6.45) is 5.20. The average molecular weight is 189 g/mol. The molecule has 72 valence electrons. The predicted octanol–water partition coefficient (Wildman–Crippen LogP) is 0.612. The average Bonchev–Trinajstić information content (AvgIpc) is 2.47. The minimum atomic E-state index is 0.554. The molecular weight excluding hydrogens is 178 g/mol. The van der Waals surface area contributed by atoms with E-state index in [1.807, 2.05) is 6.92 Å². The van der Waals surface area contributed by atoms with Crippen LogP contribution in [0.2, 0.25) is 0 Å². The summed E-state index contributed by atoms with van der Waals surface area (Å²) in [4.78, 5) is 8.20. The highest BCUT2D eigenvalue weighted by Gasteiger charge is 2.02. The van der Waals surface area contributed by atoms with E-state index in [1.54, 1.807) is 29.3 Å². The third-order valence-corrected chi connectivity index (χ3v) is 1.91. The lowest BCUT2D eigenvalue weighted by molar-refractivity contribution is 0.649. The highest BCUT2D eigenvalue weighted by Crippen LogP contribution is 2.07. The molecule has 0 spiro atoms. The van der Waals surface area contributed by atoms with E-state index in [0.29, 0.717) is 12.2 Å². The monoisotopic (exact) mass is 189 g/mol. The van der Waals surface area contributed by atoms with Crippen LogP contribution in [0.4, 0.5) is 5.69 Å². The van der Waals surface area contributed by atoms with E-state index in [0.717, 1.165) is 11.5 Å². The Labute approximate surface area is 81.6 Å². The van der Waals surface area contributed by atoms with E-state index in [1.165, 1.54) is 0 Å². The fraction of sp³-hybridized carbons (Fsp3) is 0.222. The molecule has 0 aliphatic rings. The van der Waals surface area contributed by atoms with Gasteiger partial charge in [0, 0.05) is 18.6 Å². The second kappa shape index (κ2) is 3.45. The number of rotatable bonds is 2. The lowest BCUT2D eigenvalue weighted by Crippen LogP contribution is -2.04. The fourth-order valence-corrected chi connectivity index (χ4v) is 1.17. The standard InChI is InChI=1S/C9H11N5/c1-7-8(10)5-14(13-7)6-9-11-3-2-4-12-9/h2-5H,6,10H2,1H3. The normalized spacial score (nSPS) is 10.4. The molecule has 5 nitrogen and oxygen atoms in total. The van der Waals surface area contributed by atoms with Crippen LogP contribution in [0.3, 0.4) is 0 Å². The maximum Gasteiger partial charge on any atom is 0.149 e. The highest BCUT2D eigenvalue weighted by atomic mass is 15.3. The van der Waals surface area contributed by atoms with Crippen molar-refractivity contribution in [1.82, 2.24) is 19.7 Å². The topological polar surface area (TPSA) is 69.6 Å². The van der Waals surface area contributed by atoms with Gasteiger partial charge in [-0.05, 0) is 13.0 Å². The van der Waals surface area contributed by atoms with Crippen molar-refractivity contribution in [1.29, 1.82) is 0 Å². The number of nitrogens with zero attached hydrogens (tertiary/aromatic N) is 4. The van der Waals surface area contributed by atoms with E-state index >= 15 is 0 Å². The van der Waals surface area contributed by atoms with Gasteiger partial charge >= 0.3 is 0 Å². The molecule has 14 heavy (non-hydrogen) atoms. The van der Waals surface area contributed by atoms with Gasteiger partial charge in [-0.15, -0.1) is 0 Å². The summed E-state index contributed by atoms with van der Waals surface area (Å²) in [5, 5.41) is 4.22. The number of nitrogen functional groups attached to an aromatic ring is 1. The molecule has 0 saturated heterocycles. The van der Waals surface area contributed by atoms with Crippen molar-refractivity contribution in [3.63, 3.8) is 0 Å². The van der Waals surface area contributed by atoms with E-state index in [2.05, 4.69) is 15.1 Å². The van der Waals surface area contributed by atoms with Crippen LogP contribution >= 0.6 is 0 Å². The number of hydrogen-bond donors (Lipinski definition) is 1. The Bertz CT molecular complexity index is 401. The lowest BCUT2D eigenvalue weighted by Gasteiger charge is -1.98. The Morgan fingerprint density at radius 1 is 1.36 bits per heavy atom. The van der Waals surface area contributed by atoms with Crippen LogP contribution in [-0.2, 0) is 6.54 Å². The molecule has 2 heterocycles. The first-order valence-electron chi connectivity index (χ1n) is 4.31. The van der Waals surface area contributed by atoms with Gasteiger partial charge in [0.05, 0.1) is 11.4 Å². The zero-order valence-corrected chi connectivity index (χ0v) is 7.88. The Hall–Kier alpha value is -1.91. The molecule has 2 aromatic heterocycles. The van der Waals surface area contributed by atoms with E-state index in [-0.39, 0.29) is 0 Å². The molecule has 2 aromatic rings. The maximum atomic E-state index is 5.67. The van der Waals surface area contributed by atoms with Crippen molar-refractivity contribution in [2.24, 2.45) is 0 Å². The quantitative estimate of drug-likeness (QED) is 0.751. The van der Waals surface area contributed by atoms with Gasteiger partial charge in [0.25, 0.3) is 0 Å². The smallest absolute Gasteiger partial charge is 0.149 e. The molecule has 5 heteroatoms. The summed E-state index contributed by atoms with van der Waals surface area (Å²) in [6, 6.07) is 1.78. The van der Waals surface area contributed by atoms with E-state index in [9.17, 15) is 0 Å². The van der Waals surface area contributed by atoms with Crippen molar-refractivity contribution < 1.29 is 0 Å². The number of hydrogen-bond acceptors (Lipinski definition) is 4. The van der Waals surface area contributed by atoms with Gasteiger partial charge in [0.1, 0.15) is 12.4 Å². The first-order chi connectivity index (χ1) is 6.75. The van der Waals surface area contributed by atoms with Crippen LogP contribution in [0.25, 0.3) is 0 Å². The van der Waals surface area contributed by atoms with Gasteiger partial charge in [0.15, 0.2) is 0 Å². The molecule has 0 amide bonds. The molecule has 2 N–H and O–H groups in total. The number of aryl methyl sites for hydroxylation is 1. The van der Waals surface area contributed by atoms with Crippen LogP contribution in [0.5, 0.6) is 0 Å². The van der Waals surface area contributed by atoms with E-state index in [4.69, 9.17) is 5.73 Å². The lowest BCUT2D eigenvalue weighted by atomic mass is 10.4. The van der Waals surface area contributed by atoms with Gasteiger partial charge in [0.2, 0.25) is 0 Å². The molecule has 0 aliphatic heterocycles. The van der Waals surface area contributed by atoms with Gasteiger partial charge in [-0.1, -0.05) is 0 Å². The minimum absolute atomic E-state index is 0.554. The van der Waals surface area contributed by atoms with Gasteiger partial charge < -0.3 is 5.73 Å². The van der Waals surface area contributed by atoms with Crippen molar-refractivity contribution in [2.75, 3.05) is 5.73 Å². The molecule has 0 fully saturated rings. The van der Waals surface area contributed by atoms with Crippen LogP contribution < -0.4 is 5.73 Å². The largest absolute Gasteiger partial charge is 0.396 e. The summed E-state index contributed by atoms with van der Waals surface area (Å²) in [5.74, 6) is 0.731. The summed E-state index contributed by atoms with van der Waals surface area (Å²) in [5.41, 5.74) is 7.20. The predicted molar refractivity (Wildman–Crippen MR) is 52.5 cm³/mol. The Morgan fingerprint density at radius 2 is 2.07 bits per heavy atom.